The second-order valence-corrected chi connectivity index (χ2v) is 7.83. The fourth-order valence-corrected chi connectivity index (χ4v) is 3.48. The van der Waals surface area contributed by atoms with Gasteiger partial charge in [0.2, 0.25) is 11.8 Å². The van der Waals surface area contributed by atoms with Gasteiger partial charge in [-0.05, 0) is 55.0 Å². The number of benzene rings is 2. The number of aryl methyl sites for hydroxylation is 2. The van der Waals surface area contributed by atoms with E-state index < -0.39 is 6.04 Å². The number of halogens is 1. The lowest BCUT2D eigenvalue weighted by Crippen LogP contribution is -2.49. The minimum Gasteiger partial charge on any atom is -0.354 e. The van der Waals surface area contributed by atoms with E-state index in [2.05, 4.69) is 12.2 Å². The van der Waals surface area contributed by atoms with Crippen LogP contribution in [0, 0.1) is 13.8 Å². The molecule has 0 aliphatic rings. The first-order valence-electron chi connectivity index (χ1n) is 10.2. The topological polar surface area (TPSA) is 49.4 Å². The maximum atomic E-state index is 13.3. The van der Waals surface area contributed by atoms with Crippen LogP contribution in [0.15, 0.2) is 42.5 Å². The van der Waals surface area contributed by atoms with Crippen LogP contribution in [0.2, 0.25) is 5.02 Å². The lowest BCUT2D eigenvalue weighted by Gasteiger charge is -2.31. The van der Waals surface area contributed by atoms with E-state index in [-0.39, 0.29) is 18.2 Å². The quantitative estimate of drug-likeness (QED) is 0.638. The third-order valence-electron chi connectivity index (χ3n) is 5.16. The van der Waals surface area contributed by atoms with Crippen molar-refractivity contribution in [3.63, 3.8) is 0 Å². The van der Waals surface area contributed by atoms with E-state index in [9.17, 15) is 9.59 Å². The van der Waals surface area contributed by atoms with Crippen molar-refractivity contribution in [3.8, 4) is 0 Å². The second kappa shape index (κ2) is 11.0. The van der Waals surface area contributed by atoms with Crippen molar-refractivity contribution in [1.82, 2.24) is 10.2 Å². The number of rotatable bonds is 9. The van der Waals surface area contributed by atoms with Gasteiger partial charge in [-0.2, -0.15) is 0 Å². The zero-order valence-corrected chi connectivity index (χ0v) is 18.6. The van der Waals surface area contributed by atoms with Crippen molar-refractivity contribution >= 4 is 23.4 Å². The Morgan fingerprint density at radius 1 is 1.07 bits per heavy atom. The predicted octanol–water partition coefficient (Wildman–Crippen LogP) is 4.83. The fourth-order valence-electron chi connectivity index (χ4n) is 3.29. The molecule has 0 aromatic heterocycles. The van der Waals surface area contributed by atoms with E-state index in [1.165, 1.54) is 5.56 Å². The van der Waals surface area contributed by atoms with Gasteiger partial charge >= 0.3 is 0 Å². The van der Waals surface area contributed by atoms with Gasteiger partial charge < -0.3 is 10.2 Å². The summed E-state index contributed by atoms with van der Waals surface area (Å²) in [6.07, 6.45) is 1.64. The van der Waals surface area contributed by atoms with Gasteiger partial charge in [-0.15, -0.1) is 0 Å². The molecule has 156 valence electrons. The van der Waals surface area contributed by atoms with Crippen molar-refractivity contribution < 1.29 is 9.59 Å². The molecule has 1 unspecified atom stereocenters. The van der Waals surface area contributed by atoms with Crippen LogP contribution in [-0.4, -0.2) is 29.3 Å². The molecule has 2 aromatic carbocycles. The molecule has 2 amide bonds. The Bertz CT molecular complexity index is 851. The Kier molecular flexibility index (Phi) is 8.71. The van der Waals surface area contributed by atoms with Gasteiger partial charge in [0.1, 0.15) is 6.04 Å². The van der Waals surface area contributed by atoms with Crippen LogP contribution < -0.4 is 5.32 Å². The smallest absolute Gasteiger partial charge is 0.242 e. The summed E-state index contributed by atoms with van der Waals surface area (Å²) < 4.78 is 0. The first-order chi connectivity index (χ1) is 13.9. The molecule has 0 heterocycles. The highest BCUT2D eigenvalue weighted by Crippen LogP contribution is 2.21. The minimum atomic E-state index is -0.531. The summed E-state index contributed by atoms with van der Waals surface area (Å²) in [6, 6.07) is 13.0. The molecule has 1 N–H and O–H groups in total. The van der Waals surface area contributed by atoms with Crippen LogP contribution in [0.5, 0.6) is 0 Å². The molecular weight excluding hydrogens is 384 g/mol. The number of amides is 2. The largest absolute Gasteiger partial charge is 0.354 e. The Morgan fingerprint density at radius 3 is 2.41 bits per heavy atom. The van der Waals surface area contributed by atoms with Crippen LogP contribution in [0.25, 0.3) is 0 Å². The van der Waals surface area contributed by atoms with Crippen molar-refractivity contribution in [3.05, 3.63) is 69.7 Å². The second-order valence-electron chi connectivity index (χ2n) is 7.42. The highest BCUT2D eigenvalue weighted by Gasteiger charge is 2.28. The summed E-state index contributed by atoms with van der Waals surface area (Å²) in [5, 5.41) is 3.53. The van der Waals surface area contributed by atoms with Crippen LogP contribution in [0.1, 0.15) is 48.9 Å². The summed E-state index contributed by atoms with van der Waals surface area (Å²) in [4.78, 5) is 27.7. The summed E-state index contributed by atoms with van der Waals surface area (Å²) in [7, 11) is 0. The van der Waals surface area contributed by atoms with E-state index in [0.717, 1.165) is 23.1 Å². The molecule has 2 rings (SSSR count). The van der Waals surface area contributed by atoms with Crippen LogP contribution in [0.3, 0.4) is 0 Å². The Labute approximate surface area is 179 Å². The SMILES string of the molecule is CCCNC(=O)C(CC)N(Cc1ccccc1Cl)C(=O)Cc1ccc(C)c(C)c1. The third-order valence-corrected chi connectivity index (χ3v) is 5.53. The van der Waals surface area contributed by atoms with Gasteiger partial charge in [0.15, 0.2) is 0 Å². The Balaban J connectivity index is 2.30. The normalized spacial score (nSPS) is 11.8. The van der Waals surface area contributed by atoms with Crippen LogP contribution >= 0.6 is 11.6 Å². The number of hydrogen-bond acceptors (Lipinski definition) is 2. The number of carbonyl (C=O) groups is 2. The van der Waals surface area contributed by atoms with Crippen LogP contribution in [-0.2, 0) is 22.6 Å². The number of hydrogen-bond donors (Lipinski definition) is 1. The summed E-state index contributed by atoms with van der Waals surface area (Å²) in [5.74, 6) is -0.193. The molecule has 0 aliphatic heterocycles. The van der Waals surface area contributed by atoms with E-state index >= 15 is 0 Å². The summed E-state index contributed by atoms with van der Waals surface area (Å²) in [5.41, 5.74) is 4.13. The molecule has 29 heavy (non-hydrogen) atoms. The summed E-state index contributed by atoms with van der Waals surface area (Å²) in [6.45, 7) is 8.93. The molecule has 0 spiro atoms. The molecular formula is C24H31ClN2O2. The van der Waals surface area contributed by atoms with Gasteiger partial charge in [-0.25, -0.2) is 0 Å². The van der Waals surface area contributed by atoms with Gasteiger partial charge in [-0.1, -0.05) is 61.8 Å². The first-order valence-corrected chi connectivity index (χ1v) is 10.6. The van der Waals surface area contributed by atoms with Gasteiger partial charge in [0.05, 0.1) is 6.42 Å². The van der Waals surface area contributed by atoms with Crippen molar-refractivity contribution in [2.24, 2.45) is 0 Å². The minimum absolute atomic E-state index is 0.0772. The van der Waals surface area contributed by atoms with Crippen LogP contribution in [0.4, 0.5) is 0 Å². The predicted molar refractivity (Wildman–Crippen MR) is 119 cm³/mol. The standard InChI is InChI=1S/C24H31ClN2O2/c1-5-13-26-24(29)22(6-2)27(16-20-9-7-8-10-21(20)25)23(28)15-19-12-11-17(3)18(4)14-19/h7-12,14,22H,5-6,13,15-16H2,1-4H3,(H,26,29). The number of carbonyl (C=O) groups excluding carboxylic acids is 2. The summed E-state index contributed by atoms with van der Waals surface area (Å²) >= 11 is 6.34. The van der Waals surface area contributed by atoms with Crippen molar-refractivity contribution in [1.29, 1.82) is 0 Å². The molecule has 5 heteroatoms. The van der Waals surface area contributed by atoms with E-state index in [1.807, 2.05) is 57.2 Å². The molecule has 0 aliphatic carbocycles. The van der Waals surface area contributed by atoms with Crippen molar-refractivity contribution in [2.45, 2.75) is 59.5 Å². The number of nitrogens with zero attached hydrogens (tertiary/aromatic N) is 1. The molecule has 2 aromatic rings. The average molecular weight is 415 g/mol. The zero-order chi connectivity index (χ0) is 21.4. The zero-order valence-electron chi connectivity index (χ0n) is 17.8. The molecule has 1 atom stereocenters. The lowest BCUT2D eigenvalue weighted by atomic mass is 10.0. The molecule has 0 fully saturated rings. The van der Waals surface area contributed by atoms with Gasteiger partial charge in [-0.3, -0.25) is 9.59 Å². The molecule has 0 bridgehead atoms. The van der Waals surface area contributed by atoms with E-state index in [0.29, 0.717) is 24.5 Å². The molecule has 0 saturated heterocycles. The monoisotopic (exact) mass is 414 g/mol. The van der Waals surface area contributed by atoms with Crippen molar-refractivity contribution in [2.75, 3.05) is 6.54 Å². The molecule has 0 radical (unpaired) electrons. The first kappa shape index (κ1) is 23.0. The Hall–Kier alpha value is -2.33. The highest BCUT2D eigenvalue weighted by atomic mass is 35.5. The highest BCUT2D eigenvalue weighted by molar-refractivity contribution is 6.31. The molecule has 4 nitrogen and oxygen atoms in total. The lowest BCUT2D eigenvalue weighted by molar-refractivity contribution is -0.140. The maximum Gasteiger partial charge on any atom is 0.242 e. The Morgan fingerprint density at radius 2 is 1.79 bits per heavy atom. The third kappa shape index (κ3) is 6.33. The maximum absolute atomic E-state index is 13.3. The van der Waals surface area contributed by atoms with Gasteiger partial charge in [0.25, 0.3) is 0 Å². The van der Waals surface area contributed by atoms with E-state index in [1.54, 1.807) is 11.0 Å². The van der Waals surface area contributed by atoms with E-state index in [4.69, 9.17) is 11.6 Å². The average Bonchev–Trinajstić information content (AvgIpc) is 2.70. The number of nitrogens with one attached hydrogen (secondary N) is 1. The fraction of sp³-hybridized carbons (Fsp3) is 0.417. The molecule has 0 saturated carbocycles. The van der Waals surface area contributed by atoms with Gasteiger partial charge in [0, 0.05) is 18.1 Å².